The van der Waals surface area contributed by atoms with Crippen molar-refractivity contribution < 1.29 is 4.79 Å². The molecule has 0 bridgehead atoms. The second kappa shape index (κ2) is 5.82. The third-order valence-electron chi connectivity index (χ3n) is 2.46. The van der Waals surface area contributed by atoms with Gasteiger partial charge in [0.15, 0.2) is 0 Å². The number of nitrogens with two attached hydrogens (primary N) is 1. The molecule has 0 fully saturated rings. The van der Waals surface area contributed by atoms with Gasteiger partial charge in [-0.3, -0.25) is 4.79 Å². The number of benzene rings is 2. The standard InChI is InChI=1S/C13H9BrCl2N2O/c14-9-5-6-10(12(16)11(9)15)18-13(19)7-1-3-8(17)4-2-7/h1-6H,17H2,(H,18,19). The lowest BCUT2D eigenvalue weighted by molar-refractivity contribution is 0.102. The van der Waals surface area contributed by atoms with E-state index in [2.05, 4.69) is 21.2 Å². The fourth-order valence-corrected chi connectivity index (χ4v) is 2.27. The Labute approximate surface area is 128 Å². The van der Waals surface area contributed by atoms with Gasteiger partial charge in [-0.15, -0.1) is 0 Å². The van der Waals surface area contributed by atoms with Crippen molar-refractivity contribution in [2.24, 2.45) is 0 Å². The average Bonchev–Trinajstić information content (AvgIpc) is 2.40. The summed E-state index contributed by atoms with van der Waals surface area (Å²) in [5, 5.41) is 3.35. The minimum Gasteiger partial charge on any atom is -0.399 e. The van der Waals surface area contributed by atoms with Gasteiger partial charge in [0.25, 0.3) is 5.91 Å². The Morgan fingerprint density at radius 2 is 1.68 bits per heavy atom. The second-order valence-electron chi connectivity index (χ2n) is 3.80. The van der Waals surface area contributed by atoms with E-state index < -0.39 is 0 Å². The van der Waals surface area contributed by atoms with Crippen LogP contribution in [0.15, 0.2) is 40.9 Å². The van der Waals surface area contributed by atoms with E-state index in [1.165, 1.54) is 0 Å². The van der Waals surface area contributed by atoms with Crippen molar-refractivity contribution in [3.63, 3.8) is 0 Å². The summed E-state index contributed by atoms with van der Waals surface area (Å²) < 4.78 is 0.671. The zero-order valence-corrected chi connectivity index (χ0v) is 12.7. The maximum Gasteiger partial charge on any atom is 0.255 e. The molecule has 1 amide bonds. The number of hydrogen-bond acceptors (Lipinski definition) is 2. The molecule has 2 aromatic rings. The van der Waals surface area contributed by atoms with Gasteiger partial charge in [0.1, 0.15) is 0 Å². The summed E-state index contributed by atoms with van der Waals surface area (Å²) in [5.74, 6) is -0.278. The Hall–Kier alpha value is -1.23. The molecule has 0 aliphatic heterocycles. The minimum atomic E-state index is -0.278. The number of rotatable bonds is 2. The first-order chi connectivity index (χ1) is 8.99. The first kappa shape index (κ1) is 14.2. The maximum atomic E-state index is 12.0. The molecule has 2 rings (SSSR count). The van der Waals surface area contributed by atoms with E-state index >= 15 is 0 Å². The summed E-state index contributed by atoms with van der Waals surface area (Å²) in [6, 6.07) is 9.98. The zero-order chi connectivity index (χ0) is 14.0. The Bertz CT molecular complexity index is 629. The van der Waals surface area contributed by atoms with Gasteiger partial charge in [-0.1, -0.05) is 23.2 Å². The predicted octanol–water partition coefficient (Wildman–Crippen LogP) is 4.59. The summed E-state index contributed by atoms with van der Waals surface area (Å²) in [4.78, 5) is 12.0. The van der Waals surface area contributed by atoms with Gasteiger partial charge in [-0.2, -0.15) is 0 Å². The fraction of sp³-hybridized carbons (Fsp3) is 0. The molecule has 6 heteroatoms. The van der Waals surface area contributed by atoms with E-state index in [-0.39, 0.29) is 5.91 Å². The third kappa shape index (κ3) is 3.21. The lowest BCUT2D eigenvalue weighted by Crippen LogP contribution is -2.12. The van der Waals surface area contributed by atoms with Gasteiger partial charge >= 0.3 is 0 Å². The zero-order valence-electron chi connectivity index (χ0n) is 9.58. The van der Waals surface area contributed by atoms with Gasteiger partial charge in [0.2, 0.25) is 0 Å². The first-order valence-corrected chi connectivity index (χ1v) is 6.84. The molecule has 0 atom stereocenters. The van der Waals surface area contributed by atoms with Crippen molar-refractivity contribution in [2.45, 2.75) is 0 Å². The monoisotopic (exact) mass is 358 g/mol. The van der Waals surface area contributed by atoms with Crippen molar-refractivity contribution in [2.75, 3.05) is 11.1 Å². The lowest BCUT2D eigenvalue weighted by atomic mass is 10.2. The number of halogens is 3. The molecule has 2 aromatic carbocycles. The molecule has 3 nitrogen and oxygen atoms in total. The van der Waals surface area contributed by atoms with E-state index in [1.807, 2.05) is 0 Å². The normalized spacial score (nSPS) is 10.3. The SMILES string of the molecule is Nc1ccc(C(=O)Nc2ccc(Br)c(Cl)c2Cl)cc1. The van der Waals surface area contributed by atoms with E-state index in [4.69, 9.17) is 28.9 Å². The molecule has 0 saturated carbocycles. The van der Waals surface area contributed by atoms with E-state index in [0.29, 0.717) is 31.5 Å². The van der Waals surface area contributed by atoms with Crippen LogP contribution in [-0.2, 0) is 0 Å². The van der Waals surface area contributed by atoms with E-state index in [0.717, 1.165) is 0 Å². The van der Waals surface area contributed by atoms with Gasteiger partial charge in [-0.25, -0.2) is 0 Å². The van der Waals surface area contributed by atoms with Gasteiger partial charge in [0.05, 0.1) is 15.7 Å². The predicted molar refractivity (Wildman–Crippen MR) is 83.0 cm³/mol. The van der Waals surface area contributed by atoms with E-state index in [9.17, 15) is 4.79 Å². The first-order valence-electron chi connectivity index (χ1n) is 5.29. The van der Waals surface area contributed by atoms with Crippen LogP contribution in [0.25, 0.3) is 0 Å². The summed E-state index contributed by atoms with van der Waals surface area (Å²) in [6.45, 7) is 0. The number of anilines is 2. The number of hydrogen-bond donors (Lipinski definition) is 2. The molecule has 0 heterocycles. The maximum absolute atomic E-state index is 12.0. The van der Waals surface area contributed by atoms with Crippen LogP contribution in [0, 0.1) is 0 Å². The molecule has 3 N–H and O–H groups in total. The van der Waals surface area contributed by atoms with Gasteiger partial charge in [0, 0.05) is 15.7 Å². The van der Waals surface area contributed by atoms with Crippen LogP contribution in [0.2, 0.25) is 10.0 Å². The molecule has 0 saturated heterocycles. The highest BCUT2D eigenvalue weighted by Gasteiger charge is 2.12. The Balaban J connectivity index is 2.24. The quantitative estimate of drug-likeness (QED) is 0.608. The summed E-state index contributed by atoms with van der Waals surface area (Å²) >= 11 is 15.3. The molecule has 0 aliphatic carbocycles. The molecule has 0 aromatic heterocycles. The van der Waals surface area contributed by atoms with Crippen molar-refractivity contribution >= 4 is 56.4 Å². The Morgan fingerprint density at radius 1 is 1.05 bits per heavy atom. The van der Waals surface area contributed by atoms with E-state index in [1.54, 1.807) is 36.4 Å². The third-order valence-corrected chi connectivity index (χ3v) is 4.23. The van der Waals surface area contributed by atoms with Gasteiger partial charge in [-0.05, 0) is 52.3 Å². The topological polar surface area (TPSA) is 55.1 Å². The lowest BCUT2D eigenvalue weighted by Gasteiger charge is -2.09. The Kier molecular flexibility index (Phi) is 4.34. The highest BCUT2D eigenvalue weighted by molar-refractivity contribution is 9.10. The molecular formula is C13H9BrCl2N2O. The number of nitrogen functional groups attached to an aromatic ring is 1. The van der Waals surface area contributed by atoms with Crippen LogP contribution < -0.4 is 11.1 Å². The summed E-state index contributed by atoms with van der Waals surface area (Å²) in [6.07, 6.45) is 0. The van der Waals surface area contributed by atoms with Gasteiger partial charge < -0.3 is 11.1 Å². The largest absolute Gasteiger partial charge is 0.399 e. The van der Waals surface area contributed by atoms with Crippen LogP contribution in [0.1, 0.15) is 10.4 Å². The highest BCUT2D eigenvalue weighted by atomic mass is 79.9. The molecule has 98 valence electrons. The molecular weight excluding hydrogens is 351 g/mol. The highest BCUT2D eigenvalue weighted by Crippen LogP contribution is 2.35. The summed E-state index contributed by atoms with van der Waals surface area (Å²) in [5.41, 5.74) is 7.11. The van der Waals surface area contributed by atoms with Crippen LogP contribution >= 0.6 is 39.1 Å². The van der Waals surface area contributed by atoms with Crippen molar-refractivity contribution in [1.29, 1.82) is 0 Å². The minimum absolute atomic E-state index is 0.278. The van der Waals surface area contributed by atoms with Crippen LogP contribution in [0.5, 0.6) is 0 Å². The number of nitrogens with one attached hydrogen (secondary N) is 1. The molecule has 0 radical (unpaired) electrons. The average molecular weight is 360 g/mol. The second-order valence-corrected chi connectivity index (χ2v) is 5.41. The van der Waals surface area contributed by atoms with Crippen molar-refractivity contribution in [1.82, 2.24) is 0 Å². The van der Waals surface area contributed by atoms with Crippen LogP contribution in [-0.4, -0.2) is 5.91 Å². The van der Waals surface area contributed by atoms with Crippen LogP contribution in [0.4, 0.5) is 11.4 Å². The Morgan fingerprint density at radius 3 is 2.32 bits per heavy atom. The number of amides is 1. The number of carbonyl (C=O) groups is 1. The summed E-state index contributed by atoms with van der Waals surface area (Å²) in [7, 11) is 0. The fourth-order valence-electron chi connectivity index (χ4n) is 1.45. The molecule has 19 heavy (non-hydrogen) atoms. The molecule has 0 aliphatic rings. The van der Waals surface area contributed by atoms with Crippen LogP contribution in [0.3, 0.4) is 0 Å². The molecule has 0 unspecified atom stereocenters. The van der Waals surface area contributed by atoms with Crippen molar-refractivity contribution in [3.05, 3.63) is 56.5 Å². The van der Waals surface area contributed by atoms with Crippen molar-refractivity contribution in [3.8, 4) is 0 Å². The smallest absolute Gasteiger partial charge is 0.255 e. The molecule has 0 spiro atoms. The number of carbonyl (C=O) groups excluding carboxylic acids is 1.